The Bertz CT molecular complexity index is 885. The normalized spacial score (nSPS) is 52.4. The van der Waals surface area contributed by atoms with E-state index in [-0.39, 0.29) is 39.1 Å². The maximum Gasteiger partial charge on any atom is 0.310 e. The fourth-order valence-electron chi connectivity index (χ4n) is 10.9. The molecular weight excluding hydrogens is 408 g/mol. The molecule has 5 aliphatic carbocycles. The molecule has 5 aliphatic rings. The molecule has 0 radical (unpaired) electrons. The van der Waals surface area contributed by atoms with Crippen LogP contribution >= 0.6 is 0 Å². The highest BCUT2D eigenvalue weighted by Crippen LogP contribution is 2.75. The van der Waals surface area contributed by atoms with Gasteiger partial charge in [0.1, 0.15) is 0 Å². The summed E-state index contributed by atoms with van der Waals surface area (Å²) in [6.45, 7) is 17.0. The maximum atomic E-state index is 12.8. The average Bonchev–Trinajstić information content (AvgIpc) is 2.66. The van der Waals surface area contributed by atoms with Crippen LogP contribution in [0.25, 0.3) is 0 Å². The third-order valence-electron chi connectivity index (χ3n) is 12.7. The van der Waals surface area contributed by atoms with E-state index in [1.54, 1.807) is 0 Å². The molecule has 33 heavy (non-hydrogen) atoms. The van der Waals surface area contributed by atoms with Gasteiger partial charge in [0, 0.05) is 0 Å². The summed E-state index contributed by atoms with van der Waals surface area (Å²) in [6, 6.07) is 0. The van der Waals surface area contributed by atoms with Gasteiger partial charge in [0.2, 0.25) is 0 Å². The van der Waals surface area contributed by atoms with Crippen molar-refractivity contribution in [2.45, 2.75) is 119 Å². The molecule has 8 atom stereocenters. The van der Waals surface area contributed by atoms with Crippen LogP contribution in [0.5, 0.6) is 0 Å². The number of carboxylic acids is 1. The van der Waals surface area contributed by atoms with E-state index in [0.717, 1.165) is 51.4 Å². The van der Waals surface area contributed by atoms with E-state index in [1.807, 2.05) is 0 Å². The van der Waals surface area contributed by atoms with Gasteiger partial charge in [0.25, 0.3) is 0 Å². The molecular formula is C30H48O3. The first-order valence-corrected chi connectivity index (χ1v) is 13.7. The zero-order chi connectivity index (χ0) is 24.2. The number of carboxylic acid groups (broad SMARTS) is 1. The fourth-order valence-corrected chi connectivity index (χ4v) is 10.9. The lowest BCUT2D eigenvalue weighted by Gasteiger charge is -2.71. The predicted octanol–water partition coefficient (Wildman–Crippen LogP) is 7.23. The standard InChI is InChI=1S/C30H48O3/c1-25(2)12-14-30(24(32)33)15-13-28(6)20(21(30)18-25)8-9-23-27(5)17-19(31)16-26(3,4)22(27)10-11-29(23,28)7/h8,19,21-23,31H,9-18H2,1-7H3,(H,32,33)/t19-,21-,22-,23+,27-,28+,29+,30-/m0/s1. The average molecular weight is 457 g/mol. The van der Waals surface area contributed by atoms with E-state index in [1.165, 1.54) is 18.4 Å². The zero-order valence-electron chi connectivity index (χ0n) is 22.3. The monoisotopic (exact) mass is 456 g/mol. The molecule has 186 valence electrons. The largest absolute Gasteiger partial charge is 0.481 e. The predicted molar refractivity (Wildman–Crippen MR) is 133 cm³/mol. The highest BCUT2D eigenvalue weighted by atomic mass is 16.4. The highest BCUT2D eigenvalue weighted by molar-refractivity contribution is 5.76. The minimum Gasteiger partial charge on any atom is -0.481 e. The summed E-state index contributed by atoms with van der Waals surface area (Å²) in [6.07, 6.45) is 12.4. The lowest BCUT2D eigenvalue weighted by atomic mass is 9.33. The molecule has 0 aromatic rings. The van der Waals surface area contributed by atoms with Crippen LogP contribution in [0, 0.1) is 50.2 Å². The molecule has 0 bridgehead atoms. The summed E-state index contributed by atoms with van der Waals surface area (Å²) in [5.41, 5.74) is 1.70. The van der Waals surface area contributed by atoms with Crippen molar-refractivity contribution in [2.24, 2.45) is 50.2 Å². The van der Waals surface area contributed by atoms with Crippen LogP contribution in [-0.4, -0.2) is 22.3 Å². The maximum absolute atomic E-state index is 12.8. The number of rotatable bonds is 1. The van der Waals surface area contributed by atoms with Gasteiger partial charge in [0.15, 0.2) is 0 Å². The molecule has 0 spiro atoms. The molecule has 0 aromatic heterocycles. The van der Waals surface area contributed by atoms with Gasteiger partial charge >= 0.3 is 5.97 Å². The van der Waals surface area contributed by atoms with E-state index in [0.29, 0.717) is 11.8 Å². The second-order valence-electron chi connectivity index (χ2n) is 15.2. The second kappa shape index (κ2) is 6.89. The van der Waals surface area contributed by atoms with Gasteiger partial charge in [-0.2, -0.15) is 0 Å². The summed E-state index contributed by atoms with van der Waals surface area (Å²) >= 11 is 0. The van der Waals surface area contributed by atoms with Crippen molar-refractivity contribution in [3.05, 3.63) is 11.6 Å². The Morgan fingerprint density at radius 1 is 0.879 bits per heavy atom. The first kappa shape index (κ1) is 23.9. The number of carbonyl (C=O) groups is 1. The van der Waals surface area contributed by atoms with Crippen LogP contribution in [0.2, 0.25) is 0 Å². The van der Waals surface area contributed by atoms with Gasteiger partial charge in [-0.05, 0) is 109 Å². The summed E-state index contributed by atoms with van der Waals surface area (Å²) in [4.78, 5) is 12.8. The van der Waals surface area contributed by atoms with Crippen LogP contribution in [0.1, 0.15) is 113 Å². The molecule has 0 aliphatic heterocycles. The molecule has 3 heteroatoms. The number of aliphatic hydroxyl groups excluding tert-OH is 1. The highest BCUT2D eigenvalue weighted by Gasteiger charge is 2.69. The second-order valence-corrected chi connectivity index (χ2v) is 15.2. The molecule has 0 saturated heterocycles. The molecule has 0 unspecified atom stereocenters. The van der Waals surface area contributed by atoms with Crippen molar-refractivity contribution >= 4 is 5.97 Å². The van der Waals surface area contributed by atoms with Crippen molar-refractivity contribution in [1.29, 1.82) is 0 Å². The Morgan fingerprint density at radius 3 is 2.21 bits per heavy atom. The first-order valence-electron chi connectivity index (χ1n) is 13.7. The first-order chi connectivity index (χ1) is 15.1. The van der Waals surface area contributed by atoms with Gasteiger partial charge < -0.3 is 10.2 Å². The van der Waals surface area contributed by atoms with Crippen LogP contribution in [0.4, 0.5) is 0 Å². The lowest BCUT2D eigenvalue weighted by Crippen LogP contribution is -2.64. The van der Waals surface area contributed by atoms with Gasteiger partial charge in [0.05, 0.1) is 11.5 Å². The smallest absolute Gasteiger partial charge is 0.310 e. The summed E-state index contributed by atoms with van der Waals surface area (Å²) in [5, 5.41) is 21.4. The minimum absolute atomic E-state index is 0.0630. The molecule has 3 nitrogen and oxygen atoms in total. The Labute approximate surface area is 201 Å². The number of hydrogen-bond acceptors (Lipinski definition) is 2. The van der Waals surface area contributed by atoms with Crippen molar-refractivity contribution in [3.63, 3.8) is 0 Å². The van der Waals surface area contributed by atoms with Gasteiger partial charge in [-0.3, -0.25) is 4.79 Å². The van der Waals surface area contributed by atoms with Crippen LogP contribution in [0.15, 0.2) is 11.6 Å². The molecule has 0 amide bonds. The Kier molecular flexibility index (Phi) is 4.99. The van der Waals surface area contributed by atoms with E-state index >= 15 is 0 Å². The summed E-state index contributed by atoms with van der Waals surface area (Å²) in [5.74, 6) is 0.834. The van der Waals surface area contributed by atoms with Crippen molar-refractivity contribution in [3.8, 4) is 0 Å². The van der Waals surface area contributed by atoms with Gasteiger partial charge in [-0.15, -0.1) is 0 Å². The SMILES string of the molecule is CC1(C)CC[C@]2(C(=O)O)CC[C@]3(C)C(=CC[C@@H]4[C@@]5(C)C[C@@H](O)CC(C)(C)[C@@H]5CC[C@]43C)[C@@H]2C1. The molecule has 4 saturated carbocycles. The molecule has 0 heterocycles. The molecule has 5 rings (SSSR count). The van der Waals surface area contributed by atoms with Crippen molar-refractivity contribution in [2.75, 3.05) is 0 Å². The molecule has 4 fully saturated rings. The fraction of sp³-hybridized carbons (Fsp3) is 0.900. The quantitative estimate of drug-likeness (QED) is 0.409. The number of aliphatic carboxylic acids is 1. The van der Waals surface area contributed by atoms with E-state index in [9.17, 15) is 15.0 Å². The summed E-state index contributed by atoms with van der Waals surface area (Å²) in [7, 11) is 0. The molecule has 0 aromatic carbocycles. The topological polar surface area (TPSA) is 57.5 Å². The van der Waals surface area contributed by atoms with Crippen LogP contribution < -0.4 is 0 Å². The van der Waals surface area contributed by atoms with Crippen molar-refractivity contribution < 1.29 is 15.0 Å². The molecule has 2 N–H and O–H groups in total. The Morgan fingerprint density at radius 2 is 1.55 bits per heavy atom. The number of aliphatic hydroxyl groups is 1. The number of fused-ring (bicyclic) bond motifs is 7. The Balaban J connectivity index is 1.61. The minimum atomic E-state index is -0.561. The van der Waals surface area contributed by atoms with Gasteiger partial charge in [-0.1, -0.05) is 60.1 Å². The van der Waals surface area contributed by atoms with Crippen molar-refractivity contribution in [1.82, 2.24) is 0 Å². The van der Waals surface area contributed by atoms with E-state index in [2.05, 4.69) is 54.5 Å². The van der Waals surface area contributed by atoms with E-state index < -0.39 is 11.4 Å². The number of hydrogen-bond donors (Lipinski definition) is 2. The van der Waals surface area contributed by atoms with E-state index in [4.69, 9.17) is 0 Å². The van der Waals surface area contributed by atoms with Gasteiger partial charge in [-0.25, -0.2) is 0 Å². The lowest BCUT2D eigenvalue weighted by molar-refractivity contribution is -0.200. The van der Waals surface area contributed by atoms with Crippen LogP contribution in [0.3, 0.4) is 0 Å². The third kappa shape index (κ3) is 2.99. The third-order valence-corrected chi connectivity index (χ3v) is 12.7. The summed E-state index contributed by atoms with van der Waals surface area (Å²) < 4.78 is 0. The zero-order valence-corrected chi connectivity index (χ0v) is 22.3. The Hall–Kier alpha value is -0.830. The number of allylic oxidation sites excluding steroid dienone is 2. The van der Waals surface area contributed by atoms with Crippen LogP contribution in [-0.2, 0) is 4.79 Å².